The summed E-state index contributed by atoms with van der Waals surface area (Å²) in [5, 5.41) is 1.49. The second kappa shape index (κ2) is 4.07. The van der Waals surface area contributed by atoms with Gasteiger partial charge in [0.2, 0.25) is 5.88 Å². The highest BCUT2D eigenvalue weighted by atomic mass is 35.5. The number of aromatic amines is 1. The number of rotatable bonds is 2. The van der Waals surface area contributed by atoms with Crippen LogP contribution >= 0.6 is 11.6 Å². The third-order valence-electron chi connectivity index (χ3n) is 2.36. The van der Waals surface area contributed by atoms with Gasteiger partial charge in [-0.15, -0.1) is 0 Å². The molecule has 0 aliphatic carbocycles. The Morgan fingerprint density at radius 2 is 2.06 bits per heavy atom. The fraction of sp³-hybridized carbons (Fsp3) is 0. The Balaban J connectivity index is 1.94. The van der Waals surface area contributed by atoms with Gasteiger partial charge in [0.15, 0.2) is 0 Å². The fourth-order valence-corrected chi connectivity index (χ4v) is 1.72. The molecule has 84 valence electrons. The van der Waals surface area contributed by atoms with Gasteiger partial charge >= 0.3 is 0 Å². The maximum absolute atomic E-state index is 5.75. The molecule has 1 aromatic carbocycles. The summed E-state index contributed by atoms with van der Waals surface area (Å²) in [5.74, 6) is 1.13. The molecule has 0 bridgehead atoms. The van der Waals surface area contributed by atoms with Gasteiger partial charge in [0.05, 0.1) is 0 Å². The molecule has 2 heterocycles. The first kappa shape index (κ1) is 10.1. The number of nitrogens with one attached hydrogen (secondary N) is 1. The normalized spacial score (nSPS) is 10.6. The number of halogens is 1. The summed E-state index contributed by atoms with van der Waals surface area (Å²) < 4.78 is 5.58. The van der Waals surface area contributed by atoms with Crippen LogP contribution in [0.15, 0.2) is 42.9 Å². The number of aromatic nitrogens is 3. The maximum atomic E-state index is 5.75. The molecule has 0 aliphatic rings. The van der Waals surface area contributed by atoms with Crippen molar-refractivity contribution in [2.24, 2.45) is 0 Å². The van der Waals surface area contributed by atoms with Gasteiger partial charge in [-0.2, -0.15) is 0 Å². The zero-order chi connectivity index (χ0) is 11.7. The molecule has 0 fully saturated rings. The van der Waals surface area contributed by atoms with Crippen molar-refractivity contribution in [3.8, 4) is 11.6 Å². The smallest absolute Gasteiger partial charge is 0.223 e. The van der Waals surface area contributed by atoms with Gasteiger partial charge in [-0.3, -0.25) is 0 Å². The minimum Gasteiger partial charge on any atom is -0.439 e. The van der Waals surface area contributed by atoms with Crippen LogP contribution < -0.4 is 4.74 Å². The average molecular weight is 246 g/mol. The van der Waals surface area contributed by atoms with Crippen molar-refractivity contribution in [1.82, 2.24) is 15.0 Å². The highest BCUT2D eigenvalue weighted by Crippen LogP contribution is 2.24. The Morgan fingerprint density at radius 1 is 1.12 bits per heavy atom. The van der Waals surface area contributed by atoms with Gasteiger partial charge in [-0.1, -0.05) is 11.6 Å². The lowest BCUT2D eigenvalue weighted by atomic mass is 10.2. The van der Waals surface area contributed by atoms with Crippen LogP contribution in [-0.4, -0.2) is 15.0 Å². The topological polar surface area (TPSA) is 50.8 Å². The first-order valence-electron chi connectivity index (χ1n) is 5.04. The summed E-state index contributed by atoms with van der Waals surface area (Å²) in [6, 6.07) is 9.34. The van der Waals surface area contributed by atoms with Crippen LogP contribution in [0.3, 0.4) is 0 Å². The van der Waals surface area contributed by atoms with Crippen molar-refractivity contribution in [2.75, 3.05) is 0 Å². The predicted octanol–water partition coefficient (Wildman–Crippen LogP) is 3.40. The molecule has 17 heavy (non-hydrogen) atoms. The quantitative estimate of drug-likeness (QED) is 0.704. The third kappa shape index (κ3) is 2.07. The lowest BCUT2D eigenvalue weighted by Crippen LogP contribution is -1.88. The Morgan fingerprint density at radius 3 is 2.94 bits per heavy atom. The number of nitrogens with zero attached hydrogens (tertiary/aromatic N) is 2. The minimum atomic E-state index is 0.357. The van der Waals surface area contributed by atoms with Crippen LogP contribution in [0.5, 0.6) is 11.6 Å². The largest absolute Gasteiger partial charge is 0.439 e. The van der Waals surface area contributed by atoms with Crippen LogP contribution in [-0.2, 0) is 0 Å². The Kier molecular flexibility index (Phi) is 2.42. The van der Waals surface area contributed by atoms with E-state index in [0.717, 1.165) is 10.9 Å². The van der Waals surface area contributed by atoms with Crippen LogP contribution in [0.25, 0.3) is 10.9 Å². The number of H-pyrrole nitrogens is 1. The first-order chi connectivity index (χ1) is 8.31. The molecule has 5 heteroatoms. The average Bonchev–Trinajstić information content (AvgIpc) is 2.76. The highest BCUT2D eigenvalue weighted by Gasteiger charge is 2.02. The number of benzene rings is 1. The summed E-state index contributed by atoms with van der Waals surface area (Å²) in [7, 11) is 0. The van der Waals surface area contributed by atoms with Crippen molar-refractivity contribution < 1.29 is 4.74 Å². The number of hydrogen-bond acceptors (Lipinski definition) is 3. The van der Waals surface area contributed by atoms with Crippen molar-refractivity contribution in [2.45, 2.75) is 0 Å². The molecule has 0 saturated heterocycles. The van der Waals surface area contributed by atoms with E-state index >= 15 is 0 Å². The zero-order valence-electron chi connectivity index (χ0n) is 8.72. The van der Waals surface area contributed by atoms with Gasteiger partial charge in [-0.05, 0) is 23.6 Å². The van der Waals surface area contributed by atoms with Crippen LogP contribution in [0.4, 0.5) is 0 Å². The summed E-state index contributed by atoms with van der Waals surface area (Å²) in [5.41, 5.74) is 1.02. The molecular formula is C12H8ClN3O. The molecule has 0 atom stereocenters. The van der Waals surface area contributed by atoms with Crippen molar-refractivity contribution in [3.05, 3.63) is 48.0 Å². The van der Waals surface area contributed by atoms with Crippen molar-refractivity contribution in [1.29, 1.82) is 0 Å². The molecule has 0 spiro atoms. The van der Waals surface area contributed by atoms with E-state index < -0.39 is 0 Å². The number of fused-ring (bicyclic) bond motifs is 1. The van der Waals surface area contributed by atoms with Crippen molar-refractivity contribution >= 4 is 22.5 Å². The lowest BCUT2D eigenvalue weighted by molar-refractivity contribution is 0.462. The van der Waals surface area contributed by atoms with Gasteiger partial charge < -0.3 is 9.72 Å². The number of hydrogen-bond donors (Lipinski definition) is 1. The Hall–Kier alpha value is -2.07. The van der Waals surface area contributed by atoms with E-state index in [1.807, 2.05) is 30.5 Å². The van der Waals surface area contributed by atoms with E-state index in [4.69, 9.17) is 16.3 Å². The summed E-state index contributed by atoms with van der Waals surface area (Å²) >= 11 is 5.75. The molecular weight excluding hydrogens is 238 g/mol. The first-order valence-corrected chi connectivity index (χ1v) is 5.41. The molecule has 0 unspecified atom stereocenters. The second-order valence-corrected chi connectivity index (χ2v) is 3.90. The molecule has 0 saturated carbocycles. The van der Waals surface area contributed by atoms with E-state index in [1.54, 1.807) is 6.07 Å². The van der Waals surface area contributed by atoms with Crippen LogP contribution in [0.2, 0.25) is 5.15 Å². The monoisotopic (exact) mass is 245 g/mol. The van der Waals surface area contributed by atoms with Crippen LogP contribution in [0, 0.1) is 0 Å². The molecule has 1 N–H and O–H groups in total. The molecule has 0 radical (unpaired) electrons. The van der Waals surface area contributed by atoms with E-state index in [0.29, 0.717) is 16.8 Å². The molecule has 0 aliphatic heterocycles. The zero-order valence-corrected chi connectivity index (χ0v) is 9.48. The molecule has 4 nitrogen and oxygen atoms in total. The SMILES string of the molecule is Clc1cc(Oc2ccc3cc[nH]c3c2)ncn1. The Bertz CT molecular complexity index is 665. The molecule has 3 rings (SSSR count). The predicted molar refractivity (Wildman–Crippen MR) is 65.4 cm³/mol. The van der Waals surface area contributed by atoms with E-state index in [1.165, 1.54) is 6.33 Å². The second-order valence-electron chi connectivity index (χ2n) is 3.51. The summed E-state index contributed by atoms with van der Waals surface area (Å²) in [6.45, 7) is 0. The molecule has 2 aromatic heterocycles. The van der Waals surface area contributed by atoms with Gasteiger partial charge in [0.1, 0.15) is 17.2 Å². The summed E-state index contributed by atoms with van der Waals surface area (Å²) in [4.78, 5) is 10.9. The molecule has 3 aromatic rings. The highest BCUT2D eigenvalue weighted by molar-refractivity contribution is 6.29. The number of ether oxygens (including phenoxy) is 1. The molecule has 0 amide bonds. The van der Waals surface area contributed by atoms with E-state index in [2.05, 4.69) is 15.0 Å². The van der Waals surface area contributed by atoms with Crippen LogP contribution in [0.1, 0.15) is 0 Å². The maximum Gasteiger partial charge on any atom is 0.223 e. The van der Waals surface area contributed by atoms with E-state index in [-0.39, 0.29) is 0 Å². The fourth-order valence-electron chi connectivity index (χ4n) is 1.58. The lowest BCUT2D eigenvalue weighted by Gasteiger charge is -2.04. The standard InChI is InChI=1S/C12H8ClN3O/c13-11-6-12(16-7-15-11)17-9-2-1-8-3-4-14-10(8)5-9/h1-7,14H. The third-order valence-corrected chi connectivity index (χ3v) is 2.56. The van der Waals surface area contributed by atoms with Crippen molar-refractivity contribution in [3.63, 3.8) is 0 Å². The minimum absolute atomic E-state index is 0.357. The van der Waals surface area contributed by atoms with Gasteiger partial charge in [-0.25, -0.2) is 9.97 Å². The van der Waals surface area contributed by atoms with Gasteiger partial charge in [0, 0.05) is 23.8 Å². The van der Waals surface area contributed by atoms with Gasteiger partial charge in [0.25, 0.3) is 0 Å². The van der Waals surface area contributed by atoms with E-state index in [9.17, 15) is 0 Å². The summed E-state index contributed by atoms with van der Waals surface area (Å²) in [6.07, 6.45) is 3.25. The Labute approximate surface area is 102 Å².